The Morgan fingerprint density at radius 2 is 1.25 bits per heavy atom. The fourth-order valence-corrected chi connectivity index (χ4v) is 6.27. The molecule has 4 aromatic heterocycles. The molecule has 0 aliphatic rings. The molecule has 188 valence electrons. The second kappa shape index (κ2) is 13.8. The average Bonchev–Trinajstić information content (AvgIpc) is 2.78. The van der Waals surface area contributed by atoms with Crippen LogP contribution in [-0.2, 0) is 11.5 Å². The molecular formula is C22H18Cl4N6OS3. The Morgan fingerprint density at radius 3 is 1.69 bits per heavy atom. The van der Waals surface area contributed by atoms with Crippen LogP contribution in [0.5, 0.6) is 0 Å². The van der Waals surface area contributed by atoms with Crippen LogP contribution in [0, 0.1) is 18.5 Å². The van der Waals surface area contributed by atoms with Crippen LogP contribution in [0.25, 0.3) is 0 Å². The van der Waals surface area contributed by atoms with Gasteiger partial charge in [-0.1, -0.05) is 82.1 Å². The standard InChI is InChI=1S/C11H9Cl2N3OS.C11H9Cl2N3S2/c2*1-6-2-10(17)16-11(15-6)18-5-7-8(12)3-14-4-9(7)13/h2*2-4H,5H2,1H3,(H,15,16,17). The molecule has 4 rings (SSSR count). The Morgan fingerprint density at radius 1 is 0.778 bits per heavy atom. The molecule has 0 atom stereocenters. The third kappa shape index (κ3) is 8.72. The van der Waals surface area contributed by atoms with Crippen LogP contribution in [0.3, 0.4) is 0 Å². The number of nitrogens with one attached hydrogen (secondary N) is 2. The lowest BCUT2D eigenvalue weighted by Crippen LogP contribution is -2.08. The molecule has 36 heavy (non-hydrogen) atoms. The van der Waals surface area contributed by atoms with Gasteiger partial charge in [-0.25, -0.2) is 9.97 Å². The Kier molecular flexibility index (Phi) is 11.0. The molecule has 0 aromatic carbocycles. The van der Waals surface area contributed by atoms with Crippen LogP contribution >= 0.6 is 82.1 Å². The van der Waals surface area contributed by atoms with Gasteiger partial charge < -0.3 is 9.97 Å². The summed E-state index contributed by atoms with van der Waals surface area (Å²) in [7, 11) is 0. The van der Waals surface area contributed by atoms with E-state index in [1.54, 1.807) is 19.3 Å². The molecule has 0 spiro atoms. The quantitative estimate of drug-likeness (QED) is 0.130. The van der Waals surface area contributed by atoms with Crippen molar-refractivity contribution in [2.45, 2.75) is 35.7 Å². The second-order valence-corrected chi connectivity index (χ2v) is 11.1. The minimum Gasteiger partial charge on any atom is -0.338 e. The molecule has 0 aliphatic heterocycles. The maximum Gasteiger partial charge on any atom is 0.251 e. The molecule has 14 heteroatoms. The fraction of sp³-hybridized carbons (Fsp3) is 0.182. The summed E-state index contributed by atoms with van der Waals surface area (Å²) in [5.41, 5.74) is 3.11. The van der Waals surface area contributed by atoms with Crippen molar-refractivity contribution in [2.24, 2.45) is 0 Å². The Bertz CT molecular complexity index is 1330. The van der Waals surface area contributed by atoms with Crippen LogP contribution in [-0.4, -0.2) is 29.9 Å². The van der Waals surface area contributed by atoms with Crippen molar-refractivity contribution < 1.29 is 0 Å². The van der Waals surface area contributed by atoms with Gasteiger partial charge in [0.05, 0.1) is 20.1 Å². The topological polar surface area (TPSA) is 100 Å². The highest BCUT2D eigenvalue weighted by molar-refractivity contribution is 7.98. The first kappa shape index (κ1) is 28.9. The SMILES string of the molecule is Cc1cc(=O)[nH]c(SCc2c(Cl)cncc2Cl)n1.Cc1cc(=S)nc(SCc2c(Cl)cncc2Cl)[nH]1. The molecule has 0 aliphatic carbocycles. The normalized spacial score (nSPS) is 10.6. The summed E-state index contributed by atoms with van der Waals surface area (Å²) in [6.45, 7) is 3.71. The zero-order chi connectivity index (χ0) is 26.2. The van der Waals surface area contributed by atoms with Crippen molar-refractivity contribution in [3.05, 3.63) is 94.5 Å². The van der Waals surface area contributed by atoms with Crippen molar-refractivity contribution in [3.63, 3.8) is 0 Å². The highest BCUT2D eigenvalue weighted by Gasteiger charge is 2.09. The van der Waals surface area contributed by atoms with Gasteiger partial charge in [-0.3, -0.25) is 14.8 Å². The lowest BCUT2D eigenvalue weighted by atomic mass is 10.3. The Labute approximate surface area is 240 Å². The number of rotatable bonds is 6. The number of pyridine rings is 2. The number of aromatic amines is 2. The maximum absolute atomic E-state index is 11.3. The van der Waals surface area contributed by atoms with Crippen LogP contribution in [0.4, 0.5) is 0 Å². The number of hydrogen-bond acceptors (Lipinski definition) is 8. The van der Waals surface area contributed by atoms with Crippen LogP contribution in [0.15, 0.2) is 52.0 Å². The first-order valence-electron chi connectivity index (χ1n) is 10.1. The van der Waals surface area contributed by atoms with Crippen molar-refractivity contribution >= 4 is 82.1 Å². The predicted molar refractivity (Wildman–Crippen MR) is 151 cm³/mol. The van der Waals surface area contributed by atoms with Gasteiger partial charge in [-0.2, -0.15) is 0 Å². The zero-order valence-corrected chi connectivity index (χ0v) is 24.3. The number of thioether (sulfide) groups is 2. The van der Waals surface area contributed by atoms with Crippen LogP contribution < -0.4 is 5.56 Å². The van der Waals surface area contributed by atoms with E-state index in [9.17, 15) is 4.79 Å². The van der Waals surface area contributed by atoms with Crippen LogP contribution in [0.2, 0.25) is 20.1 Å². The third-order valence-corrected chi connectivity index (χ3v) is 7.63. The number of H-pyrrole nitrogens is 2. The van der Waals surface area contributed by atoms with Gasteiger partial charge in [-0.15, -0.1) is 0 Å². The van der Waals surface area contributed by atoms with Gasteiger partial charge in [0.15, 0.2) is 10.3 Å². The predicted octanol–water partition coefficient (Wildman–Crippen LogP) is 7.51. The van der Waals surface area contributed by atoms with E-state index in [0.29, 0.717) is 47.1 Å². The minimum absolute atomic E-state index is 0.170. The highest BCUT2D eigenvalue weighted by Crippen LogP contribution is 2.30. The smallest absolute Gasteiger partial charge is 0.251 e. The van der Waals surface area contributed by atoms with Gasteiger partial charge in [0.1, 0.15) is 4.64 Å². The lowest BCUT2D eigenvalue weighted by Gasteiger charge is -2.06. The Balaban J connectivity index is 0.000000201. The van der Waals surface area contributed by atoms with Gasteiger partial charge in [0.25, 0.3) is 5.56 Å². The third-order valence-electron chi connectivity index (χ3n) is 4.31. The number of halogens is 4. The first-order valence-corrected chi connectivity index (χ1v) is 14.0. The van der Waals surface area contributed by atoms with Gasteiger partial charge in [0.2, 0.25) is 0 Å². The number of aromatic nitrogens is 6. The Hall–Kier alpha value is -1.66. The van der Waals surface area contributed by atoms with Crippen molar-refractivity contribution in [1.82, 2.24) is 29.9 Å². The molecule has 2 N–H and O–H groups in total. The highest BCUT2D eigenvalue weighted by atomic mass is 35.5. The van der Waals surface area contributed by atoms with E-state index in [0.717, 1.165) is 22.0 Å². The minimum atomic E-state index is -0.170. The van der Waals surface area contributed by atoms with Crippen molar-refractivity contribution in [1.29, 1.82) is 0 Å². The van der Waals surface area contributed by atoms with Gasteiger partial charge >= 0.3 is 0 Å². The average molecular weight is 620 g/mol. The van der Waals surface area contributed by atoms with E-state index in [2.05, 4.69) is 29.9 Å². The monoisotopic (exact) mass is 618 g/mol. The summed E-state index contributed by atoms with van der Waals surface area (Å²) in [6, 6.07) is 3.25. The molecule has 0 bridgehead atoms. The largest absolute Gasteiger partial charge is 0.338 e. The lowest BCUT2D eigenvalue weighted by molar-refractivity contribution is 0.905. The molecule has 4 aromatic rings. The summed E-state index contributed by atoms with van der Waals surface area (Å²) in [5, 5.41) is 3.42. The molecule has 7 nitrogen and oxygen atoms in total. The van der Waals surface area contributed by atoms with Crippen molar-refractivity contribution in [3.8, 4) is 0 Å². The summed E-state index contributed by atoms with van der Waals surface area (Å²) in [4.78, 5) is 33.3. The fourth-order valence-electron chi connectivity index (χ4n) is 2.67. The molecule has 0 saturated heterocycles. The molecule has 0 fully saturated rings. The summed E-state index contributed by atoms with van der Waals surface area (Å²) < 4.78 is 0.570. The second-order valence-electron chi connectivity index (χ2n) is 7.14. The van der Waals surface area contributed by atoms with E-state index in [4.69, 9.17) is 58.6 Å². The maximum atomic E-state index is 11.3. The number of hydrogen-bond donors (Lipinski definition) is 2. The summed E-state index contributed by atoms with van der Waals surface area (Å²) in [5.74, 6) is 1.13. The number of aryl methyl sites for hydroxylation is 2. The number of nitrogens with zero attached hydrogens (tertiary/aromatic N) is 4. The summed E-state index contributed by atoms with van der Waals surface area (Å²) in [6.07, 6.45) is 6.23. The van der Waals surface area contributed by atoms with Gasteiger partial charge in [-0.05, 0) is 19.9 Å². The molecule has 0 unspecified atom stereocenters. The van der Waals surface area contributed by atoms with E-state index >= 15 is 0 Å². The van der Waals surface area contributed by atoms with E-state index in [1.807, 2.05) is 13.0 Å². The van der Waals surface area contributed by atoms with E-state index in [1.165, 1.54) is 42.0 Å². The molecule has 0 amide bonds. The molecule has 0 saturated carbocycles. The first-order chi connectivity index (χ1) is 17.1. The van der Waals surface area contributed by atoms with Gasteiger partial charge in [0, 0.05) is 64.9 Å². The van der Waals surface area contributed by atoms with Crippen LogP contribution in [0.1, 0.15) is 22.5 Å². The summed E-state index contributed by atoms with van der Waals surface area (Å²) >= 11 is 32.0. The molecule has 0 radical (unpaired) electrons. The van der Waals surface area contributed by atoms with E-state index in [-0.39, 0.29) is 5.56 Å². The zero-order valence-electron chi connectivity index (χ0n) is 18.8. The molecular weight excluding hydrogens is 602 g/mol. The molecule has 4 heterocycles. The van der Waals surface area contributed by atoms with E-state index < -0.39 is 0 Å². The van der Waals surface area contributed by atoms with Crippen molar-refractivity contribution in [2.75, 3.05) is 0 Å².